The fraction of sp³-hybridized carbons (Fsp3) is 0.250. The largest absolute Gasteiger partial charge is 0.491 e. The lowest BCUT2D eigenvalue weighted by molar-refractivity contribution is 0.298. The predicted octanol–water partition coefficient (Wildman–Crippen LogP) is 4.29. The average Bonchev–Trinajstić information content (AvgIpc) is 2.45. The van der Waals surface area contributed by atoms with Crippen LogP contribution in [0.3, 0.4) is 0 Å². The van der Waals surface area contributed by atoms with Gasteiger partial charge in [0.15, 0.2) is 0 Å². The van der Waals surface area contributed by atoms with Crippen LogP contribution in [0.25, 0.3) is 0 Å². The Morgan fingerprint density at radius 1 is 1.05 bits per heavy atom. The molecule has 2 aromatic carbocycles. The van der Waals surface area contributed by atoms with Crippen LogP contribution in [0, 0.1) is 0 Å². The molecule has 0 saturated carbocycles. The van der Waals surface area contributed by atoms with Crippen molar-refractivity contribution < 1.29 is 9.47 Å². The van der Waals surface area contributed by atoms with Gasteiger partial charge in [0.05, 0.1) is 6.61 Å². The number of para-hydroxylation sites is 1. The number of hydrogen-bond donors (Lipinski definition) is 1. The highest BCUT2D eigenvalue weighted by Gasteiger charge is 2.07. The van der Waals surface area contributed by atoms with Crippen molar-refractivity contribution in [3.63, 3.8) is 0 Å². The molecule has 0 fully saturated rings. The fourth-order valence-electron chi connectivity index (χ4n) is 1.78. The summed E-state index contributed by atoms with van der Waals surface area (Å²) in [7, 11) is 0. The van der Waals surface area contributed by atoms with E-state index >= 15 is 0 Å². The molecular formula is C16H18ClNO2. The maximum atomic E-state index is 6.04. The molecule has 0 heterocycles. The lowest BCUT2D eigenvalue weighted by atomic mass is 10.2. The van der Waals surface area contributed by atoms with Crippen molar-refractivity contribution >= 4 is 17.3 Å². The molecule has 0 spiro atoms. The molecular weight excluding hydrogens is 274 g/mol. The first kappa shape index (κ1) is 14.5. The number of halogens is 1. The van der Waals surface area contributed by atoms with Crippen LogP contribution >= 0.6 is 11.6 Å². The van der Waals surface area contributed by atoms with Crippen LogP contribution in [-0.2, 0) is 6.61 Å². The van der Waals surface area contributed by atoms with Gasteiger partial charge in [-0.1, -0.05) is 36.7 Å². The van der Waals surface area contributed by atoms with Crippen LogP contribution in [0.1, 0.15) is 18.9 Å². The average molecular weight is 292 g/mol. The summed E-state index contributed by atoms with van der Waals surface area (Å²) >= 11 is 5.94. The van der Waals surface area contributed by atoms with E-state index in [4.69, 9.17) is 26.8 Å². The van der Waals surface area contributed by atoms with Crippen molar-refractivity contribution in [3.8, 4) is 11.5 Å². The third-order valence-corrected chi connectivity index (χ3v) is 3.01. The zero-order valence-corrected chi connectivity index (χ0v) is 12.2. The molecule has 106 valence electrons. The molecule has 0 aliphatic rings. The van der Waals surface area contributed by atoms with E-state index in [1.807, 2.05) is 42.5 Å². The quantitative estimate of drug-likeness (QED) is 0.808. The van der Waals surface area contributed by atoms with Crippen molar-refractivity contribution in [2.24, 2.45) is 0 Å². The van der Waals surface area contributed by atoms with Crippen molar-refractivity contribution in [3.05, 3.63) is 53.1 Å². The molecule has 0 unspecified atom stereocenters. The summed E-state index contributed by atoms with van der Waals surface area (Å²) in [4.78, 5) is 0. The summed E-state index contributed by atoms with van der Waals surface area (Å²) in [5, 5.41) is 0.694. The highest BCUT2D eigenvalue weighted by atomic mass is 35.5. The topological polar surface area (TPSA) is 44.5 Å². The number of benzene rings is 2. The van der Waals surface area contributed by atoms with Gasteiger partial charge in [0.1, 0.15) is 23.8 Å². The molecule has 0 aromatic heterocycles. The fourth-order valence-corrected chi connectivity index (χ4v) is 1.99. The summed E-state index contributed by atoms with van der Waals surface area (Å²) in [6.07, 6.45) is 0.938. The summed E-state index contributed by atoms with van der Waals surface area (Å²) in [5.74, 6) is 1.29. The summed E-state index contributed by atoms with van der Waals surface area (Å²) in [5.41, 5.74) is 7.57. The van der Waals surface area contributed by atoms with Gasteiger partial charge in [-0.15, -0.1) is 0 Å². The van der Waals surface area contributed by atoms with E-state index in [9.17, 15) is 0 Å². The van der Waals surface area contributed by atoms with Gasteiger partial charge >= 0.3 is 0 Å². The summed E-state index contributed by atoms with van der Waals surface area (Å²) in [6, 6.07) is 13.1. The maximum Gasteiger partial charge on any atom is 0.146 e. The Kier molecular flexibility index (Phi) is 5.13. The first-order valence-electron chi connectivity index (χ1n) is 6.59. The van der Waals surface area contributed by atoms with Gasteiger partial charge in [-0.05, 0) is 36.2 Å². The van der Waals surface area contributed by atoms with E-state index in [-0.39, 0.29) is 0 Å². The van der Waals surface area contributed by atoms with Crippen molar-refractivity contribution in [1.82, 2.24) is 0 Å². The molecule has 0 amide bonds. The third kappa shape index (κ3) is 3.81. The number of ether oxygens (including phenoxy) is 2. The zero-order valence-electron chi connectivity index (χ0n) is 11.4. The van der Waals surface area contributed by atoms with Gasteiger partial charge in [-0.2, -0.15) is 0 Å². The molecule has 20 heavy (non-hydrogen) atoms. The molecule has 0 bridgehead atoms. The van der Waals surface area contributed by atoms with Gasteiger partial charge in [0, 0.05) is 5.02 Å². The van der Waals surface area contributed by atoms with E-state index in [0.29, 0.717) is 35.4 Å². The van der Waals surface area contributed by atoms with Gasteiger partial charge < -0.3 is 15.2 Å². The Hall–Kier alpha value is -1.87. The Labute approximate surface area is 124 Å². The number of nitrogens with two attached hydrogens (primary N) is 1. The molecule has 2 aromatic rings. The minimum atomic E-state index is 0.419. The minimum Gasteiger partial charge on any atom is -0.491 e. The first-order valence-corrected chi connectivity index (χ1v) is 6.97. The van der Waals surface area contributed by atoms with Gasteiger partial charge in [0.2, 0.25) is 0 Å². The second-order valence-electron chi connectivity index (χ2n) is 4.44. The van der Waals surface area contributed by atoms with Gasteiger partial charge in [-0.3, -0.25) is 0 Å². The zero-order chi connectivity index (χ0) is 14.4. The van der Waals surface area contributed by atoms with E-state index in [0.717, 1.165) is 12.0 Å². The van der Waals surface area contributed by atoms with Crippen LogP contribution in [-0.4, -0.2) is 6.61 Å². The second kappa shape index (κ2) is 7.06. The standard InChI is InChI=1S/C16H18ClNO2/c1-2-9-19-14-7-4-8-15(16(14)18)20-11-12-5-3-6-13(17)10-12/h3-8,10H,2,9,11,18H2,1H3. The number of rotatable bonds is 6. The molecule has 2 N–H and O–H groups in total. The molecule has 0 aliphatic heterocycles. The maximum absolute atomic E-state index is 6.04. The molecule has 4 heteroatoms. The number of nitrogen functional groups attached to an aromatic ring is 1. The number of hydrogen-bond acceptors (Lipinski definition) is 3. The van der Waals surface area contributed by atoms with Crippen molar-refractivity contribution in [2.75, 3.05) is 12.3 Å². The van der Waals surface area contributed by atoms with E-state index < -0.39 is 0 Å². The van der Waals surface area contributed by atoms with Crippen LogP contribution in [0.5, 0.6) is 11.5 Å². The molecule has 0 aliphatic carbocycles. The van der Waals surface area contributed by atoms with Gasteiger partial charge in [-0.25, -0.2) is 0 Å². The normalized spacial score (nSPS) is 10.3. The molecule has 3 nitrogen and oxygen atoms in total. The van der Waals surface area contributed by atoms with E-state index in [2.05, 4.69) is 6.92 Å². The Morgan fingerprint density at radius 3 is 2.45 bits per heavy atom. The Morgan fingerprint density at radius 2 is 1.75 bits per heavy atom. The lowest BCUT2D eigenvalue weighted by Crippen LogP contribution is -2.02. The van der Waals surface area contributed by atoms with Crippen LogP contribution in [0.2, 0.25) is 5.02 Å². The Bertz CT molecular complexity index is 572. The molecule has 0 atom stereocenters. The predicted molar refractivity (Wildman–Crippen MR) is 82.4 cm³/mol. The lowest BCUT2D eigenvalue weighted by Gasteiger charge is -2.13. The van der Waals surface area contributed by atoms with Crippen LogP contribution in [0.15, 0.2) is 42.5 Å². The van der Waals surface area contributed by atoms with Crippen LogP contribution in [0.4, 0.5) is 5.69 Å². The number of anilines is 1. The highest BCUT2D eigenvalue weighted by Crippen LogP contribution is 2.32. The SMILES string of the molecule is CCCOc1cccc(OCc2cccc(Cl)c2)c1N. The van der Waals surface area contributed by atoms with Crippen molar-refractivity contribution in [2.45, 2.75) is 20.0 Å². The van der Waals surface area contributed by atoms with Crippen molar-refractivity contribution in [1.29, 1.82) is 0 Å². The van der Waals surface area contributed by atoms with E-state index in [1.165, 1.54) is 0 Å². The summed E-state index contributed by atoms with van der Waals surface area (Å²) < 4.78 is 11.3. The molecule has 0 radical (unpaired) electrons. The smallest absolute Gasteiger partial charge is 0.146 e. The van der Waals surface area contributed by atoms with E-state index in [1.54, 1.807) is 0 Å². The molecule has 2 rings (SSSR count). The monoisotopic (exact) mass is 291 g/mol. The third-order valence-electron chi connectivity index (χ3n) is 2.77. The Balaban J connectivity index is 2.06. The summed E-state index contributed by atoms with van der Waals surface area (Å²) in [6.45, 7) is 3.11. The molecule has 0 saturated heterocycles. The highest BCUT2D eigenvalue weighted by molar-refractivity contribution is 6.30. The second-order valence-corrected chi connectivity index (χ2v) is 4.87. The minimum absolute atomic E-state index is 0.419. The first-order chi connectivity index (χ1) is 9.70. The van der Waals surface area contributed by atoms with Crippen LogP contribution < -0.4 is 15.2 Å². The van der Waals surface area contributed by atoms with Gasteiger partial charge in [0.25, 0.3) is 0 Å².